The Labute approximate surface area is 132 Å². The second-order valence-corrected chi connectivity index (χ2v) is 5.29. The highest BCUT2D eigenvalue weighted by molar-refractivity contribution is 6.30. The van der Waals surface area contributed by atoms with E-state index in [0.717, 1.165) is 11.8 Å². The predicted molar refractivity (Wildman–Crippen MR) is 83.3 cm³/mol. The summed E-state index contributed by atoms with van der Waals surface area (Å²) >= 11 is 5.86. The van der Waals surface area contributed by atoms with Crippen LogP contribution in [0.5, 0.6) is 0 Å². The number of aromatic nitrogens is 2. The Hall–Kier alpha value is -2.60. The molecule has 0 spiro atoms. The van der Waals surface area contributed by atoms with Crippen molar-refractivity contribution < 1.29 is 9.90 Å². The lowest BCUT2D eigenvalue weighted by Gasteiger charge is -2.24. The number of rotatable bonds is 3. The molecule has 1 aliphatic rings. The Morgan fingerprint density at radius 1 is 1.18 bits per heavy atom. The molecule has 1 aromatic heterocycles. The first-order valence-electron chi connectivity index (χ1n) is 6.57. The monoisotopic (exact) mass is 316 g/mol. The highest BCUT2D eigenvalue weighted by Crippen LogP contribution is 2.26. The van der Waals surface area contributed by atoms with Gasteiger partial charge in [-0.2, -0.15) is 0 Å². The zero-order chi connectivity index (χ0) is 15.7. The van der Waals surface area contributed by atoms with Crippen LogP contribution in [0.4, 0.5) is 5.82 Å². The molecule has 0 radical (unpaired) electrons. The van der Waals surface area contributed by atoms with Crippen molar-refractivity contribution in [3.05, 3.63) is 53.5 Å². The minimum absolute atomic E-state index is 0.0480. The number of likely N-dealkylation sites (N-methyl/N-ethyl adjacent to an activating group) is 1. The maximum atomic E-state index is 11.2. The summed E-state index contributed by atoms with van der Waals surface area (Å²) in [5.74, 6) is 0.348. The van der Waals surface area contributed by atoms with E-state index in [1.54, 1.807) is 36.2 Å². The molecule has 1 atom stereocenters. The van der Waals surface area contributed by atoms with Crippen molar-refractivity contribution >= 4 is 23.7 Å². The first-order chi connectivity index (χ1) is 10.6. The van der Waals surface area contributed by atoms with Crippen LogP contribution in [0, 0.1) is 0 Å². The molecule has 1 aromatic carbocycles. The van der Waals surface area contributed by atoms with Crippen molar-refractivity contribution in [1.82, 2.24) is 15.1 Å². The van der Waals surface area contributed by atoms with Gasteiger partial charge >= 0.3 is 0 Å². The average molecular weight is 317 g/mol. The summed E-state index contributed by atoms with van der Waals surface area (Å²) in [5, 5.41) is 18.8. The Bertz CT molecular complexity index is 715. The van der Waals surface area contributed by atoms with E-state index in [1.807, 2.05) is 12.1 Å². The van der Waals surface area contributed by atoms with Gasteiger partial charge in [0.2, 0.25) is 5.88 Å². The molecule has 22 heavy (non-hydrogen) atoms. The van der Waals surface area contributed by atoms with Crippen LogP contribution in [-0.4, -0.2) is 39.7 Å². The molecule has 6 nitrogen and oxygen atoms in total. The van der Waals surface area contributed by atoms with Crippen LogP contribution < -0.4 is 4.90 Å². The number of hydrogen-bond donors (Lipinski definition) is 1. The molecular formula is C15H13ClN4O2. The van der Waals surface area contributed by atoms with Gasteiger partial charge in [-0.05, 0) is 24.3 Å². The number of aldehydes is 1. The quantitative estimate of drug-likeness (QED) is 0.877. The molecule has 112 valence electrons. The van der Waals surface area contributed by atoms with Crippen LogP contribution in [0.3, 0.4) is 0 Å². The van der Waals surface area contributed by atoms with Crippen LogP contribution >= 0.6 is 11.6 Å². The van der Waals surface area contributed by atoms with Gasteiger partial charge in [-0.1, -0.05) is 23.7 Å². The Balaban J connectivity index is 1.90. The van der Waals surface area contributed by atoms with Gasteiger partial charge in [0, 0.05) is 17.6 Å². The zero-order valence-corrected chi connectivity index (χ0v) is 12.5. The second kappa shape index (κ2) is 5.65. The number of nitrogens with zero attached hydrogens (tertiary/aromatic N) is 4. The third-order valence-corrected chi connectivity index (χ3v) is 3.66. The molecular weight excluding hydrogens is 304 g/mol. The minimum atomic E-state index is -0.629. The molecule has 0 aliphatic carbocycles. The van der Waals surface area contributed by atoms with E-state index < -0.39 is 6.17 Å². The fraction of sp³-hybridized carbons (Fsp3) is 0.133. The number of aliphatic hydroxyl groups excluding tert-OH is 1. The third kappa shape index (κ3) is 2.48. The predicted octanol–water partition coefficient (Wildman–Crippen LogP) is 2.43. The van der Waals surface area contributed by atoms with Crippen molar-refractivity contribution in [1.29, 1.82) is 0 Å². The number of anilines is 1. The molecule has 0 amide bonds. The van der Waals surface area contributed by atoms with E-state index in [0.29, 0.717) is 16.5 Å². The lowest BCUT2D eigenvalue weighted by Crippen LogP contribution is -2.39. The first kappa shape index (κ1) is 14.3. The van der Waals surface area contributed by atoms with E-state index in [1.165, 1.54) is 11.1 Å². The summed E-state index contributed by atoms with van der Waals surface area (Å²) in [4.78, 5) is 14.2. The highest BCUT2D eigenvalue weighted by atomic mass is 35.5. The molecule has 0 saturated carbocycles. The van der Waals surface area contributed by atoms with Crippen LogP contribution in [0.15, 0.2) is 48.5 Å². The van der Waals surface area contributed by atoms with E-state index in [4.69, 9.17) is 11.6 Å². The summed E-state index contributed by atoms with van der Waals surface area (Å²) in [6, 6.07) is 10.7. The van der Waals surface area contributed by atoms with Gasteiger partial charge in [0.1, 0.15) is 0 Å². The van der Waals surface area contributed by atoms with E-state index in [2.05, 4.69) is 10.2 Å². The van der Waals surface area contributed by atoms with Gasteiger partial charge in [-0.25, -0.2) is 0 Å². The molecule has 2 heterocycles. The number of aliphatic hydroxyl groups is 1. The summed E-state index contributed by atoms with van der Waals surface area (Å²) in [6.45, 7) is 0. The van der Waals surface area contributed by atoms with Crippen LogP contribution in [0.2, 0.25) is 5.02 Å². The van der Waals surface area contributed by atoms with Crippen LogP contribution in [0.1, 0.15) is 0 Å². The lowest BCUT2D eigenvalue weighted by molar-refractivity contribution is -0.110. The highest BCUT2D eigenvalue weighted by Gasteiger charge is 2.32. The molecule has 2 aromatic rings. The first-order valence-corrected chi connectivity index (χ1v) is 6.95. The number of benzene rings is 1. The molecule has 1 aliphatic heterocycles. The van der Waals surface area contributed by atoms with Gasteiger partial charge in [0.25, 0.3) is 0 Å². The third-order valence-electron chi connectivity index (χ3n) is 3.41. The Morgan fingerprint density at radius 2 is 1.91 bits per heavy atom. The fourth-order valence-corrected chi connectivity index (χ4v) is 2.40. The second-order valence-electron chi connectivity index (χ2n) is 4.86. The summed E-state index contributed by atoms with van der Waals surface area (Å²) in [6.07, 6.45) is 1.57. The van der Waals surface area contributed by atoms with Gasteiger partial charge < -0.3 is 10.0 Å². The Morgan fingerprint density at radius 3 is 2.50 bits per heavy atom. The molecule has 0 bridgehead atoms. The fourth-order valence-electron chi connectivity index (χ4n) is 2.28. The van der Waals surface area contributed by atoms with Gasteiger partial charge in [0.05, 0.1) is 11.9 Å². The topological polar surface area (TPSA) is 69.6 Å². The van der Waals surface area contributed by atoms with Crippen molar-refractivity contribution in [2.75, 3.05) is 11.9 Å². The number of carbonyl (C=O) groups is 1. The van der Waals surface area contributed by atoms with Crippen molar-refractivity contribution in [2.24, 2.45) is 0 Å². The minimum Gasteiger partial charge on any atom is -0.493 e. The van der Waals surface area contributed by atoms with Gasteiger partial charge in [0.15, 0.2) is 18.3 Å². The largest absolute Gasteiger partial charge is 0.493 e. The van der Waals surface area contributed by atoms with Crippen molar-refractivity contribution in [2.45, 2.75) is 6.17 Å². The van der Waals surface area contributed by atoms with E-state index in [9.17, 15) is 9.90 Å². The Kier molecular flexibility index (Phi) is 3.68. The molecule has 3 rings (SSSR count). The van der Waals surface area contributed by atoms with Crippen molar-refractivity contribution in [3.63, 3.8) is 0 Å². The smallest absolute Gasteiger partial charge is 0.211 e. The average Bonchev–Trinajstić information content (AvgIpc) is 2.82. The summed E-state index contributed by atoms with van der Waals surface area (Å²) < 4.78 is 0. The van der Waals surface area contributed by atoms with E-state index in [-0.39, 0.29) is 5.88 Å². The maximum absolute atomic E-state index is 11.2. The summed E-state index contributed by atoms with van der Waals surface area (Å²) in [7, 11) is 1.70. The van der Waals surface area contributed by atoms with Gasteiger partial charge in [-0.3, -0.25) is 9.69 Å². The maximum Gasteiger partial charge on any atom is 0.211 e. The van der Waals surface area contributed by atoms with Crippen molar-refractivity contribution in [3.8, 4) is 11.3 Å². The molecule has 0 saturated heterocycles. The summed E-state index contributed by atoms with van der Waals surface area (Å²) in [5.41, 5.74) is 1.56. The number of halogens is 1. The SMILES string of the molecule is CN1C=C(O)N(c2ccc(-c3ccc(Cl)cc3)nn2)C1C=O. The van der Waals surface area contributed by atoms with E-state index >= 15 is 0 Å². The number of carbonyl (C=O) groups excluding carboxylic acids is 1. The normalized spacial score (nSPS) is 17.5. The zero-order valence-electron chi connectivity index (χ0n) is 11.7. The van der Waals surface area contributed by atoms with Crippen LogP contribution in [-0.2, 0) is 4.79 Å². The molecule has 1 N–H and O–H groups in total. The molecule has 0 fully saturated rings. The van der Waals surface area contributed by atoms with Crippen LogP contribution in [0.25, 0.3) is 11.3 Å². The molecule has 7 heteroatoms. The molecule has 1 unspecified atom stereocenters. The standard InChI is InChI=1S/C15H13ClN4O2/c1-19-8-15(22)20(14(19)9-21)13-7-6-12(17-18-13)10-2-4-11(16)5-3-10/h2-9,14,22H,1H3. The van der Waals surface area contributed by atoms with Gasteiger partial charge in [-0.15, -0.1) is 10.2 Å². The lowest BCUT2D eigenvalue weighted by atomic mass is 10.1. The number of hydrogen-bond acceptors (Lipinski definition) is 6.